The van der Waals surface area contributed by atoms with Crippen LogP contribution in [0.25, 0.3) is 0 Å². The first-order valence-corrected chi connectivity index (χ1v) is 8.24. The number of benzene rings is 1. The Morgan fingerprint density at radius 3 is 2.55 bits per heavy atom. The van der Waals surface area contributed by atoms with Gasteiger partial charge in [0.1, 0.15) is 16.3 Å². The smallest absolute Gasteiger partial charge is 0.264 e. The van der Waals surface area contributed by atoms with Crippen LogP contribution in [-0.4, -0.2) is 32.3 Å². The van der Waals surface area contributed by atoms with Gasteiger partial charge >= 0.3 is 0 Å². The zero-order chi connectivity index (χ0) is 15.1. The normalized spacial score (nSPS) is 19.4. The molecule has 0 bridgehead atoms. The van der Waals surface area contributed by atoms with E-state index in [1.54, 1.807) is 0 Å². The molecule has 0 radical (unpaired) electrons. The van der Waals surface area contributed by atoms with Gasteiger partial charge in [-0.3, -0.25) is 4.79 Å². The number of hydrogen-bond acceptors (Lipinski definition) is 3. The third-order valence-corrected chi connectivity index (χ3v) is 4.58. The predicted molar refractivity (Wildman–Crippen MR) is 69.1 cm³/mol. The minimum atomic E-state index is -4.38. The quantitative estimate of drug-likeness (QED) is 0.785. The fraction of sp³-hybridized carbons (Fsp3) is 0.417. The lowest BCUT2D eigenvalue weighted by atomic mass is 10.1. The predicted octanol–water partition coefficient (Wildman–Crippen LogP) is 2.37. The highest BCUT2D eigenvalue weighted by Gasteiger charge is 2.31. The molecule has 2 rings (SSSR count). The zero-order valence-electron chi connectivity index (χ0n) is 10.6. The lowest BCUT2D eigenvalue weighted by Gasteiger charge is -2.17. The molecule has 20 heavy (non-hydrogen) atoms. The molecule has 110 valence electrons. The fourth-order valence-electron chi connectivity index (χ4n) is 2.20. The van der Waals surface area contributed by atoms with Crippen LogP contribution in [0.4, 0.5) is 8.78 Å². The van der Waals surface area contributed by atoms with Crippen molar-refractivity contribution in [2.45, 2.75) is 18.2 Å². The van der Waals surface area contributed by atoms with Crippen molar-refractivity contribution in [2.75, 3.05) is 13.1 Å². The Kier molecular flexibility index (Phi) is 4.02. The first-order chi connectivity index (χ1) is 9.21. The number of halogens is 3. The second kappa shape index (κ2) is 5.29. The number of hydrogen-bond donors (Lipinski definition) is 0. The number of carbonyl (C=O) groups excluding carboxylic acids is 1. The van der Waals surface area contributed by atoms with E-state index in [4.69, 9.17) is 10.7 Å². The Morgan fingerprint density at radius 2 is 2.05 bits per heavy atom. The molecule has 0 aliphatic carbocycles. The van der Waals surface area contributed by atoms with Gasteiger partial charge < -0.3 is 4.90 Å². The molecular weight excluding hydrogens is 312 g/mol. The van der Waals surface area contributed by atoms with Crippen molar-refractivity contribution in [3.8, 4) is 0 Å². The van der Waals surface area contributed by atoms with Crippen molar-refractivity contribution in [1.82, 2.24) is 4.90 Å². The van der Waals surface area contributed by atoms with Crippen LogP contribution in [0.1, 0.15) is 23.7 Å². The molecule has 1 aromatic carbocycles. The van der Waals surface area contributed by atoms with Gasteiger partial charge in [0, 0.05) is 23.8 Å². The van der Waals surface area contributed by atoms with Gasteiger partial charge in [0.25, 0.3) is 15.0 Å². The number of likely N-dealkylation sites (tertiary alicyclic amines) is 1. The van der Waals surface area contributed by atoms with E-state index in [1.165, 1.54) is 4.90 Å². The Balaban J connectivity index is 2.49. The Morgan fingerprint density at radius 1 is 1.40 bits per heavy atom. The molecule has 1 heterocycles. The van der Waals surface area contributed by atoms with Crippen LogP contribution in [0.5, 0.6) is 0 Å². The Hall–Kier alpha value is -1.21. The number of amides is 1. The summed E-state index contributed by atoms with van der Waals surface area (Å²) < 4.78 is 50.2. The summed E-state index contributed by atoms with van der Waals surface area (Å²) >= 11 is 0. The summed E-state index contributed by atoms with van der Waals surface area (Å²) in [6.07, 6.45) is 0.739. The highest BCUT2D eigenvalue weighted by Crippen LogP contribution is 2.26. The molecule has 1 amide bonds. The SMILES string of the molecule is CC1CCN(C(=O)c2c(F)ccc(S(=O)(=O)Cl)c2F)C1. The minimum Gasteiger partial charge on any atom is -0.338 e. The van der Waals surface area contributed by atoms with Crippen LogP contribution < -0.4 is 0 Å². The summed E-state index contributed by atoms with van der Waals surface area (Å²) in [4.78, 5) is 12.5. The van der Waals surface area contributed by atoms with Gasteiger partial charge in [-0.05, 0) is 24.5 Å². The van der Waals surface area contributed by atoms with Crippen LogP contribution in [-0.2, 0) is 9.05 Å². The van der Waals surface area contributed by atoms with Crippen LogP contribution in [0, 0.1) is 17.6 Å². The first-order valence-electron chi connectivity index (χ1n) is 5.93. The molecule has 1 atom stereocenters. The molecule has 1 unspecified atom stereocenters. The molecule has 4 nitrogen and oxygen atoms in total. The van der Waals surface area contributed by atoms with Gasteiger partial charge in [-0.25, -0.2) is 17.2 Å². The van der Waals surface area contributed by atoms with Gasteiger partial charge in [0.2, 0.25) is 0 Å². The van der Waals surface area contributed by atoms with E-state index in [0.29, 0.717) is 19.2 Å². The van der Waals surface area contributed by atoms with Crippen LogP contribution in [0.2, 0.25) is 0 Å². The summed E-state index contributed by atoms with van der Waals surface area (Å²) in [5.74, 6) is -3.16. The zero-order valence-corrected chi connectivity index (χ0v) is 12.1. The largest absolute Gasteiger partial charge is 0.338 e. The maximum atomic E-state index is 14.1. The van der Waals surface area contributed by atoms with Crippen molar-refractivity contribution in [2.24, 2.45) is 5.92 Å². The molecule has 0 N–H and O–H groups in total. The average Bonchev–Trinajstić information content (AvgIpc) is 2.74. The molecule has 0 saturated carbocycles. The topological polar surface area (TPSA) is 54.5 Å². The highest BCUT2D eigenvalue weighted by molar-refractivity contribution is 8.13. The number of nitrogens with zero attached hydrogens (tertiary/aromatic N) is 1. The molecule has 1 aliphatic heterocycles. The summed E-state index contributed by atoms with van der Waals surface area (Å²) in [5, 5.41) is 0. The average molecular weight is 324 g/mol. The Bertz CT molecular complexity index is 663. The third kappa shape index (κ3) is 2.78. The van der Waals surface area contributed by atoms with Crippen molar-refractivity contribution in [3.05, 3.63) is 29.3 Å². The monoisotopic (exact) mass is 323 g/mol. The van der Waals surface area contributed by atoms with Gasteiger partial charge in [-0.15, -0.1) is 0 Å². The lowest BCUT2D eigenvalue weighted by Crippen LogP contribution is -2.30. The molecular formula is C12H12ClF2NO3S. The molecule has 8 heteroatoms. The minimum absolute atomic E-state index is 0.241. The van der Waals surface area contributed by atoms with E-state index in [-0.39, 0.29) is 5.92 Å². The third-order valence-electron chi connectivity index (χ3n) is 3.24. The maximum Gasteiger partial charge on any atom is 0.264 e. The summed E-state index contributed by atoms with van der Waals surface area (Å²) in [6, 6.07) is 1.43. The van der Waals surface area contributed by atoms with Gasteiger partial charge in [0.05, 0.1) is 0 Å². The van der Waals surface area contributed by atoms with E-state index in [1.807, 2.05) is 6.92 Å². The van der Waals surface area contributed by atoms with Crippen molar-refractivity contribution < 1.29 is 22.0 Å². The summed E-state index contributed by atoms with van der Waals surface area (Å²) in [5.41, 5.74) is -0.874. The molecule has 1 saturated heterocycles. The molecule has 0 aromatic heterocycles. The van der Waals surface area contributed by atoms with Crippen LogP contribution in [0.3, 0.4) is 0 Å². The fourth-order valence-corrected chi connectivity index (χ4v) is 3.10. The van der Waals surface area contributed by atoms with Gasteiger partial charge in [-0.1, -0.05) is 6.92 Å². The van der Waals surface area contributed by atoms with Crippen LogP contribution in [0.15, 0.2) is 17.0 Å². The van der Waals surface area contributed by atoms with E-state index < -0.39 is 37.1 Å². The standard InChI is InChI=1S/C12H12ClF2NO3S/c1-7-4-5-16(6-7)12(17)10-8(14)2-3-9(11(10)15)20(13,18)19/h2-3,7H,4-6H2,1H3. The first kappa shape index (κ1) is 15.2. The number of carbonyl (C=O) groups is 1. The van der Waals surface area contributed by atoms with Crippen molar-refractivity contribution in [3.63, 3.8) is 0 Å². The number of rotatable bonds is 2. The van der Waals surface area contributed by atoms with Gasteiger partial charge in [0.15, 0.2) is 5.82 Å². The summed E-state index contributed by atoms with van der Waals surface area (Å²) in [7, 11) is 0.680. The van der Waals surface area contributed by atoms with Crippen molar-refractivity contribution >= 4 is 25.6 Å². The maximum absolute atomic E-state index is 14.1. The summed E-state index contributed by atoms with van der Waals surface area (Å²) in [6.45, 7) is 2.69. The van der Waals surface area contributed by atoms with Gasteiger partial charge in [-0.2, -0.15) is 0 Å². The van der Waals surface area contributed by atoms with E-state index >= 15 is 0 Å². The van der Waals surface area contributed by atoms with E-state index in [2.05, 4.69) is 0 Å². The second-order valence-corrected chi connectivity index (χ2v) is 7.35. The lowest BCUT2D eigenvalue weighted by molar-refractivity contribution is 0.0777. The second-order valence-electron chi connectivity index (χ2n) is 4.82. The van der Waals surface area contributed by atoms with Crippen LogP contribution >= 0.6 is 10.7 Å². The highest BCUT2D eigenvalue weighted by atomic mass is 35.7. The van der Waals surface area contributed by atoms with Crippen molar-refractivity contribution in [1.29, 1.82) is 0 Å². The van der Waals surface area contributed by atoms with E-state index in [9.17, 15) is 22.0 Å². The molecule has 1 aromatic rings. The Labute approximate surface area is 119 Å². The molecule has 1 fully saturated rings. The molecule has 1 aliphatic rings. The van der Waals surface area contributed by atoms with E-state index in [0.717, 1.165) is 12.5 Å². The molecule has 0 spiro atoms.